The molecule has 0 saturated carbocycles. The number of nitrogens with one attached hydrogen (secondary N) is 1. The van der Waals surface area contributed by atoms with Crippen LogP contribution in [-0.4, -0.2) is 35.8 Å². The number of Topliss-reactive ketones (excluding diaryl/α,β-unsaturated/α-hetero) is 1. The monoisotopic (exact) mass is 314 g/mol. The van der Waals surface area contributed by atoms with Gasteiger partial charge in [-0.1, -0.05) is 24.3 Å². The Morgan fingerprint density at radius 1 is 1.17 bits per heavy atom. The van der Waals surface area contributed by atoms with E-state index in [-0.39, 0.29) is 24.3 Å². The Morgan fingerprint density at radius 3 is 2.61 bits per heavy atom. The number of rotatable bonds is 6. The minimum atomic E-state index is -0.871. The van der Waals surface area contributed by atoms with Crippen LogP contribution in [-0.2, 0) is 14.3 Å². The van der Waals surface area contributed by atoms with Gasteiger partial charge in [0.15, 0.2) is 0 Å². The van der Waals surface area contributed by atoms with Crippen LogP contribution in [0.4, 0.5) is 0 Å². The highest BCUT2D eigenvalue weighted by Gasteiger charge is 2.23. The van der Waals surface area contributed by atoms with Gasteiger partial charge in [-0.25, -0.2) is 9.78 Å². The van der Waals surface area contributed by atoms with Crippen LogP contribution >= 0.6 is 0 Å². The first-order chi connectivity index (χ1) is 11.0. The second-order valence-electron chi connectivity index (χ2n) is 5.18. The normalized spacial score (nSPS) is 11.7. The van der Waals surface area contributed by atoms with Crippen molar-refractivity contribution in [1.29, 1.82) is 0 Å². The van der Waals surface area contributed by atoms with E-state index in [0.29, 0.717) is 5.52 Å². The molecular formula is C17H18N2O4. The topological polar surface area (TPSA) is 85.4 Å². The fourth-order valence-electron chi connectivity index (χ4n) is 2.16. The van der Waals surface area contributed by atoms with E-state index in [1.807, 2.05) is 18.2 Å². The summed E-state index contributed by atoms with van der Waals surface area (Å²) in [6.45, 7) is 1.43. The van der Waals surface area contributed by atoms with Gasteiger partial charge in [0.25, 0.3) is 5.91 Å². The zero-order valence-corrected chi connectivity index (χ0v) is 13.0. The second-order valence-corrected chi connectivity index (χ2v) is 5.18. The Labute approximate surface area is 133 Å². The number of nitrogens with zero attached hydrogens (tertiary/aromatic N) is 1. The third kappa shape index (κ3) is 4.35. The van der Waals surface area contributed by atoms with Gasteiger partial charge in [-0.3, -0.25) is 4.79 Å². The Bertz CT molecular complexity index is 742. The number of methoxy groups -OCH3 is 1. The van der Waals surface area contributed by atoms with Crippen LogP contribution in [0.15, 0.2) is 36.4 Å². The molecule has 1 aromatic heterocycles. The fraction of sp³-hybridized carbons (Fsp3) is 0.294. The molecule has 23 heavy (non-hydrogen) atoms. The molecule has 6 nitrogen and oxygen atoms in total. The maximum absolute atomic E-state index is 12.3. The molecule has 1 aromatic carbocycles. The van der Waals surface area contributed by atoms with Crippen LogP contribution in [0.2, 0.25) is 0 Å². The van der Waals surface area contributed by atoms with E-state index in [0.717, 1.165) is 5.39 Å². The van der Waals surface area contributed by atoms with Gasteiger partial charge < -0.3 is 14.8 Å². The number of para-hydroxylation sites is 1. The largest absolute Gasteiger partial charge is 0.467 e. The quantitative estimate of drug-likeness (QED) is 0.823. The van der Waals surface area contributed by atoms with E-state index in [2.05, 4.69) is 15.0 Å². The standard InChI is InChI=1S/C17H18N2O4/c1-11(20)7-9-15(17(22)23-2)19-16(21)14-10-8-12-5-3-4-6-13(12)18-14/h3-6,8,10,15H,7,9H2,1-2H3,(H,19,21)/t15-/m0/s1. The predicted molar refractivity (Wildman–Crippen MR) is 84.9 cm³/mol. The number of ether oxygens (including phenoxy) is 1. The molecule has 1 amide bonds. The van der Waals surface area contributed by atoms with Crippen molar-refractivity contribution in [3.05, 3.63) is 42.1 Å². The number of amides is 1. The van der Waals surface area contributed by atoms with Crippen molar-refractivity contribution in [2.75, 3.05) is 7.11 Å². The summed E-state index contributed by atoms with van der Waals surface area (Å²) >= 11 is 0. The molecule has 2 aromatic rings. The maximum atomic E-state index is 12.3. The lowest BCUT2D eigenvalue weighted by Crippen LogP contribution is -2.42. The van der Waals surface area contributed by atoms with Gasteiger partial charge >= 0.3 is 5.97 Å². The number of pyridine rings is 1. The minimum Gasteiger partial charge on any atom is -0.467 e. The predicted octanol–water partition coefficient (Wildman–Crippen LogP) is 1.88. The Morgan fingerprint density at radius 2 is 1.91 bits per heavy atom. The molecule has 0 unspecified atom stereocenters. The maximum Gasteiger partial charge on any atom is 0.328 e. The summed E-state index contributed by atoms with van der Waals surface area (Å²) in [6, 6.07) is 9.94. The third-order valence-corrected chi connectivity index (χ3v) is 3.41. The molecule has 0 fully saturated rings. The highest BCUT2D eigenvalue weighted by molar-refractivity contribution is 5.97. The lowest BCUT2D eigenvalue weighted by molar-refractivity contribution is -0.143. The number of aromatic nitrogens is 1. The van der Waals surface area contributed by atoms with Crippen molar-refractivity contribution in [3.63, 3.8) is 0 Å². The van der Waals surface area contributed by atoms with Crippen molar-refractivity contribution in [2.24, 2.45) is 0 Å². The first-order valence-electron chi connectivity index (χ1n) is 7.25. The molecule has 120 valence electrons. The summed E-state index contributed by atoms with van der Waals surface area (Å²) in [7, 11) is 1.24. The van der Waals surface area contributed by atoms with Crippen molar-refractivity contribution in [2.45, 2.75) is 25.8 Å². The van der Waals surface area contributed by atoms with Crippen LogP contribution in [0.25, 0.3) is 10.9 Å². The summed E-state index contributed by atoms with van der Waals surface area (Å²) in [6.07, 6.45) is 0.381. The summed E-state index contributed by atoms with van der Waals surface area (Å²) in [5, 5.41) is 3.50. The van der Waals surface area contributed by atoms with E-state index >= 15 is 0 Å². The lowest BCUT2D eigenvalue weighted by Gasteiger charge is -2.15. The highest BCUT2D eigenvalue weighted by Crippen LogP contribution is 2.12. The van der Waals surface area contributed by atoms with E-state index in [1.165, 1.54) is 14.0 Å². The molecule has 0 spiro atoms. The average molecular weight is 314 g/mol. The number of esters is 1. The number of fused-ring (bicyclic) bond motifs is 1. The Kier molecular flexibility index (Phi) is 5.41. The summed E-state index contributed by atoms with van der Waals surface area (Å²) in [5.41, 5.74) is 0.902. The molecule has 2 rings (SSSR count). The Hall–Kier alpha value is -2.76. The van der Waals surface area contributed by atoms with E-state index in [1.54, 1.807) is 18.2 Å². The molecule has 1 heterocycles. The van der Waals surface area contributed by atoms with Gasteiger partial charge in [-0.05, 0) is 25.5 Å². The zero-order chi connectivity index (χ0) is 16.8. The molecule has 1 atom stereocenters. The minimum absolute atomic E-state index is 0.0583. The SMILES string of the molecule is COC(=O)[C@H](CCC(C)=O)NC(=O)c1ccc2ccccc2n1. The van der Waals surface area contributed by atoms with Gasteiger partial charge in [0, 0.05) is 11.8 Å². The molecule has 0 aliphatic heterocycles. The fourth-order valence-corrected chi connectivity index (χ4v) is 2.16. The van der Waals surface area contributed by atoms with Crippen LogP contribution in [0.3, 0.4) is 0 Å². The summed E-state index contributed by atoms with van der Waals surface area (Å²) in [5.74, 6) is -1.12. The molecule has 0 saturated heterocycles. The molecule has 0 radical (unpaired) electrons. The van der Waals surface area contributed by atoms with E-state index < -0.39 is 17.9 Å². The number of carbonyl (C=O) groups excluding carboxylic acids is 3. The molecule has 0 bridgehead atoms. The van der Waals surface area contributed by atoms with Crippen LogP contribution < -0.4 is 5.32 Å². The van der Waals surface area contributed by atoms with Crippen LogP contribution in [0, 0.1) is 0 Å². The van der Waals surface area contributed by atoms with Gasteiger partial charge in [-0.15, -0.1) is 0 Å². The van der Waals surface area contributed by atoms with Gasteiger partial charge in [0.1, 0.15) is 17.5 Å². The zero-order valence-electron chi connectivity index (χ0n) is 13.0. The van der Waals surface area contributed by atoms with Crippen molar-refractivity contribution >= 4 is 28.6 Å². The van der Waals surface area contributed by atoms with Crippen molar-refractivity contribution in [3.8, 4) is 0 Å². The highest BCUT2D eigenvalue weighted by atomic mass is 16.5. The molecular weight excluding hydrogens is 296 g/mol. The molecule has 0 aliphatic rings. The van der Waals surface area contributed by atoms with Crippen LogP contribution in [0.1, 0.15) is 30.3 Å². The van der Waals surface area contributed by atoms with Crippen molar-refractivity contribution < 1.29 is 19.1 Å². The number of carbonyl (C=O) groups is 3. The number of hydrogen-bond donors (Lipinski definition) is 1. The first-order valence-corrected chi connectivity index (χ1v) is 7.25. The van der Waals surface area contributed by atoms with Gasteiger partial charge in [0.05, 0.1) is 12.6 Å². The molecule has 6 heteroatoms. The third-order valence-electron chi connectivity index (χ3n) is 3.41. The smallest absolute Gasteiger partial charge is 0.328 e. The lowest BCUT2D eigenvalue weighted by atomic mass is 10.1. The number of hydrogen-bond acceptors (Lipinski definition) is 5. The van der Waals surface area contributed by atoms with E-state index in [9.17, 15) is 14.4 Å². The number of ketones is 1. The second kappa shape index (κ2) is 7.49. The van der Waals surface area contributed by atoms with Gasteiger partial charge in [-0.2, -0.15) is 0 Å². The summed E-state index contributed by atoms with van der Waals surface area (Å²) < 4.78 is 4.67. The number of benzene rings is 1. The average Bonchev–Trinajstić information content (AvgIpc) is 2.57. The van der Waals surface area contributed by atoms with E-state index in [4.69, 9.17) is 0 Å². The first kappa shape index (κ1) is 16.6. The van der Waals surface area contributed by atoms with Crippen LogP contribution in [0.5, 0.6) is 0 Å². The Balaban J connectivity index is 2.15. The van der Waals surface area contributed by atoms with Crippen molar-refractivity contribution in [1.82, 2.24) is 10.3 Å². The summed E-state index contributed by atoms with van der Waals surface area (Å²) in [4.78, 5) is 39.4. The van der Waals surface area contributed by atoms with Gasteiger partial charge in [0.2, 0.25) is 0 Å². The molecule has 1 N–H and O–H groups in total. The molecule has 0 aliphatic carbocycles.